The van der Waals surface area contributed by atoms with Crippen molar-refractivity contribution in [3.8, 4) is 0 Å². The summed E-state index contributed by atoms with van der Waals surface area (Å²) in [5, 5.41) is 9.04. The zero-order valence-electron chi connectivity index (χ0n) is 7.00. The third-order valence-electron chi connectivity index (χ3n) is 2.62. The molecular weight excluding hydrogens is 140 g/mol. The van der Waals surface area contributed by atoms with Gasteiger partial charge in [-0.05, 0) is 12.0 Å². The average molecular weight is 154 g/mol. The van der Waals surface area contributed by atoms with E-state index in [-0.39, 0.29) is 23.7 Å². The number of hydrogen-bond acceptors (Lipinski definition) is 2. The summed E-state index contributed by atoms with van der Waals surface area (Å²) < 4.78 is 0. The van der Waals surface area contributed by atoms with Gasteiger partial charge in [-0.3, -0.25) is 4.79 Å². The molecule has 2 nitrogen and oxygen atoms in total. The number of aliphatic hydroxyl groups excluding tert-OH is 1. The number of ketones is 1. The fourth-order valence-corrected chi connectivity index (χ4v) is 1.26. The van der Waals surface area contributed by atoms with E-state index >= 15 is 0 Å². The van der Waals surface area contributed by atoms with Gasteiger partial charge in [0.15, 0.2) is 5.78 Å². The molecule has 0 amide bonds. The van der Waals surface area contributed by atoms with E-state index in [1.165, 1.54) is 0 Å². The smallest absolute Gasteiger partial charge is 0.155 e. The molecule has 0 bridgehead atoms. The Bertz CT molecular complexity index is 196. The van der Waals surface area contributed by atoms with Crippen molar-refractivity contribution in [2.24, 2.45) is 11.3 Å². The molecule has 11 heavy (non-hydrogen) atoms. The van der Waals surface area contributed by atoms with Gasteiger partial charge in [0, 0.05) is 11.8 Å². The van der Waals surface area contributed by atoms with Gasteiger partial charge in [0.05, 0.1) is 6.61 Å². The summed E-state index contributed by atoms with van der Waals surface area (Å²) in [6.07, 6.45) is 3.97. The zero-order valence-corrected chi connectivity index (χ0v) is 7.00. The highest BCUT2D eigenvalue weighted by Gasteiger charge is 2.31. The normalized spacial score (nSPS) is 37.7. The van der Waals surface area contributed by atoms with Crippen LogP contribution in [0.3, 0.4) is 0 Å². The van der Waals surface area contributed by atoms with Crippen LogP contribution < -0.4 is 0 Å². The lowest BCUT2D eigenvalue weighted by Crippen LogP contribution is -2.31. The Hall–Kier alpha value is -0.630. The van der Waals surface area contributed by atoms with Gasteiger partial charge in [-0.2, -0.15) is 0 Å². The molecule has 0 fully saturated rings. The minimum Gasteiger partial charge on any atom is -0.395 e. The molecule has 2 atom stereocenters. The van der Waals surface area contributed by atoms with Crippen molar-refractivity contribution in [2.45, 2.75) is 20.3 Å². The van der Waals surface area contributed by atoms with Crippen LogP contribution in [0.5, 0.6) is 0 Å². The summed E-state index contributed by atoms with van der Waals surface area (Å²) in [6.45, 7) is 4.09. The molecule has 2 unspecified atom stereocenters. The van der Waals surface area contributed by atoms with E-state index in [1.54, 1.807) is 6.08 Å². The van der Waals surface area contributed by atoms with E-state index in [0.717, 1.165) is 0 Å². The van der Waals surface area contributed by atoms with Gasteiger partial charge >= 0.3 is 0 Å². The van der Waals surface area contributed by atoms with Crippen LogP contribution in [0.15, 0.2) is 12.2 Å². The molecule has 62 valence electrons. The SMILES string of the molecule is CC1CC(=O)C=CC1(C)CO. The highest BCUT2D eigenvalue weighted by molar-refractivity contribution is 5.90. The van der Waals surface area contributed by atoms with E-state index in [2.05, 4.69) is 0 Å². The number of hydrogen-bond donors (Lipinski definition) is 1. The maximum atomic E-state index is 10.9. The first kappa shape index (κ1) is 8.47. The van der Waals surface area contributed by atoms with Crippen LogP contribution in [0.4, 0.5) is 0 Å². The topological polar surface area (TPSA) is 37.3 Å². The summed E-state index contributed by atoms with van der Waals surface area (Å²) in [5.74, 6) is 0.424. The van der Waals surface area contributed by atoms with Crippen LogP contribution in [0.2, 0.25) is 0 Å². The van der Waals surface area contributed by atoms with Crippen molar-refractivity contribution in [1.29, 1.82) is 0 Å². The third-order valence-corrected chi connectivity index (χ3v) is 2.62. The summed E-state index contributed by atoms with van der Waals surface area (Å²) in [7, 11) is 0. The van der Waals surface area contributed by atoms with E-state index < -0.39 is 0 Å². The van der Waals surface area contributed by atoms with Crippen molar-refractivity contribution in [2.75, 3.05) is 6.61 Å². The van der Waals surface area contributed by atoms with Gasteiger partial charge in [0.1, 0.15) is 0 Å². The molecular formula is C9H14O2. The molecule has 0 aliphatic heterocycles. The summed E-state index contributed by atoms with van der Waals surface area (Å²) >= 11 is 0. The lowest BCUT2D eigenvalue weighted by Gasteiger charge is -2.32. The molecule has 0 spiro atoms. The molecule has 1 N–H and O–H groups in total. The zero-order chi connectivity index (χ0) is 8.48. The molecule has 0 saturated carbocycles. The van der Waals surface area contributed by atoms with Crippen molar-refractivity contribution in [3.63, 3.8) is 0 Å². The van der Waals surface area contributed by atoms with E-state index in [4.69, 9.17) is 5.11 Å². The molecule has 0 aromatic heterocycles. The van der Waals surface area contributed by atoms with E-state index in [0.29, 0.717) is 6.42 Å². The molecule has 0 saturated heterocycles. The third kappa shape index (κ3) is 1.51. The molecule has 1 aliphatic rings. The Morgan fingerprint density at radius 3 is 2.91 bits per heavy atom. The Morgan fingerprint density at radius 2 is 2.45 bits per heavy atom. The van der Waals surface area contributed by atoms with Crippen LogP contribution in [0.1, 0.15) is 20.3 Å². The number of carbonyl (C=O) groups excluding carboxylic acids is 1. The Labute approximate surface area is 66.9 Å². The Balaban J connectivity index is 2.83. The van der Waals surface area contributed by atoms with Gasteiger partial charge in [0.25, 0.3) is 0 Å². The lowest BCUT2D eigenvalue weighted by molar-refractivity contribution is -0.117. The predicted molar refractivity (Wildman–Crippen MR) is 43.1 cm³/mol. The fourth-order valence-electron chi connectivity index (χ4n) is 1.26. The minimum absolute atomic E-state index is 0.123. The summed E-state index contributed by atoms with van der Waals surface area (Å²) in [5.41, 5.74) is -0.187. The van der Waals surface area contributed by atoms with Gasteiger partial charge < -0.3 is 5.11 Å². The van der Waals surface area contributed by atoms with Crippen molar-refractivity contribution in [1.82, 2.24) is 0 Å². The summed E-state index contributed by atoms with van der Waals surface area (Å²) in [6, 6.07) is 0. The van der Waals surface area contributed by atoms with Crippen LogP contribution in [-0.2, 0) is 4.79 Å². The van der Waals surface area contributed by atoms with Crippen LogP contribution in [0.25, 0.3) is 0 Å². The van der Waals surface area contributed by atoms with E-state index in [1.807, 2.05) is 19.9 Å². The van der Waals surface area contributed by atoms with Gasteiger partial charge in [0.2, 0.25) is 0 Å². The fraction of sp³-hybridized carbons (Fsp3) is 0.667. The molecule has 2 heteroatoms. The molecule has 0 aromatic rings. The van der Waals surface area contributed by atoms with Crippen molar-refractivity contribution in [3.05, 3.63) is 12.2 Å². The second-order valence-corrected chi connectivity index (χ2v) is 3.57. The standard InChI is InChI=1S/C9H14O2/c1-7-5-8(11)3-4-9(7,2)6-10/h3-4,7,10H,5-6H2,1-2H3. The van der Waals surface area contributed by atoms with Gasteiger partial charge in [-0.15, -0.1) is 0 Å². The molecule has 0 heterocycles. The van der Waals surface area contributed by atoms with Gasteiger partial charge in [-0.1, -0.05) is 19.9 Å². The van der Waals surface area contributed by atoms with Crippen molar-refractivity contribution < 1.29 is 9.90 Å². The molecule has 1 aliphatic carbocycles. The van der Waals surface area contributed by atoms with Crippen LogP contribution >= 0.6 is 0 Å². The number of rotatable bonds is 1. The number of carbonyl (C=O) groups is 1. The quantitative estimate of drug-likeness (QED) is 0.615. The minimum atomic E-state index is -0.187. The first-order valence-corrected chi connectivity index (χ1v) is 3.91. The number of aliphatic hydroxyl groups is 1. The molecule has 1 rings (SSSR count). The van der Waals surface area contributed by atoms with Crippen molar-refractivity contribution >= 4 is 5.78 Å². The summed E-state index contributed by atoms with van der Waals surface area (Å²) in [4.78, 5) is 10.9. The second kappa shape index (κ2) is 2.78. The average Bonchev–Trinajstić information content (AvgIpc) is 1.98. The molecule has 0 aromatic carbocycles. The second-order valence-electron chi connectivity index (χ2n) is 3.57. The highest BCUT2D eigenvalue weighted by Crippen LogP contribution is 2.34. The van der Waals surface area contributed by atoms with Gasteiger partial charge in [-0.25, -0.2) is 0 Å². The lowest BCUT2D eigenvalue weighted by atomic mass is 9.73. The first-order valence-electron chi connectivity index (χ1n) is 3.91. The maximum absolute atomic E-state index is 10.9. The molecule has 0 radical (unpaired) electrons. The van der Waals surface area contributed by atoms with E-state index in [9.17, 15) is 4.79 Å². The Morgan fingerprint density at radius 1 is 1.82 bits per heavy atom. The maximum Gasteiger partial charge on any atom is 0.155 e. The van der Waals surface area contributed by atoms with Crippen LogP contribution in [0, 0.1) is 11.3 Å². The predicted octanol–water partition coefficient (Wildman–Crippen LogP) is 1.15. The largest absolute Gasteiger partial charge is 0.395 e. The monoisotopic (exact) mass is 154 g/mol. The highest BCUT2D eigenvalue weighted by atomic mass is 16.3. The van der Waals surface area contributed by atoms with Crippen LogP contribution in [-0.4, -0.2) is 17.5 Å². The first-order chi connectivity index (χ1) is 5.08. The Kier molecular flexibility index (Phi) is 2.14. The number of allylic oxidation sites excluding steroid dienone is 1.